The number of aromatic carboxylic acids is 1. The van der Waals surface area contributed by atoms with E-state index in [0.717, 1.165) is 10.9 Å². The Labute approximate surface area is 151 Å². The summed E-state index contributed by atoms with van der Waals surface area (Å²) in [5, 5.41) is 11.8. The van der Waals surface area contributed by atoms with Crippen LogP contribution in [0, 0.1) is 11.6 Å². The minimum atomic E-state index is -2.85. The van der Waals surface area contributed by atoms with Gasteiger partial charge < -0.3 is 10.8 Å². The van der Waals surface area contributed by atoms with Crippen LogP contribution in [0.5, 0.6) is 0 Å². The van der Waals surface area contributed by atoms with Crippen molar-refractivity contribution in [1.82, 2.24) is 9.78 Å². The van der Waals surface area contributed by atoms with Crippen molar-refractivity contribution < 1.29 is 27.5 Å². The molecule has 0 bridgehead atoms. The van der Waals surface area contributed by atoms with Gasteiger partial charge in [-0.05, 0) is 23.8 Å². The van der Waals surface area contributed by atoms with E-state index in [2.05, 4.69) is 5.10 Å². The van der Waals surface area contributed by atoms with Gasteiger partial charge in [-0.1, -0.05) is 24.3 Å². The lowest BCUT2D eigenvalue weighted by Crippen LogP contribution is -1.99. The van der Waals surface area contributed by atoms with Gasteiger partial charge in [0.2, 0.25) is 0 Å². The number of halogens is 4. The van der Waals surface area contributed by atoms with E-state index < -0.39 is 35.3 Å². The molecule has 1 heterocycles. The molecular weight excluding hydrogens is 366 g/mol. The molecule has 0 radical (unpaired) electrons. The fraction of sp³-hybridized carbons (Fsp3) is 0.111. The van der Waals surface area contributed by atoms with E-state index in [-0.39, 0.29) is 16.8 Å². The minimum absolute atomic E-state index is 0.113. The van der Waals surface area contributed by atoms with Crippen LogP contribution in [0.15, 0.2) is 48.7 Å². The Morgan fingerprint density at radius 3 is 2.37 bits per heavy atom. The maximum atomic E-state index is 13.4. The monoisotopic (exact) mass is 380 g/mol. The second-order valence-corrected chi connectivity index (χ2v) is 5.38. The number of carboxylic acid groups (broad SMARTS) is 1. The van der Waals surface area contributed by atoms with Gasteiger partial charge in [-0.3, -0.25) is 4.68 Å². The van der Waals surface area contributed by atoms with Crippen molar-refractivity contribution in [2.75, 3.05) is 0 Å². The summed E-state index contributed by atoms with van der Waals surface area (Å²) in [5.74, 6) is -2.31. The summed E-state index contributed by atoms with van der Waals surface area (Å²) in [5.41, 5.74) is 7.06. The van der Waals surface area contributed by atoms with E-state index in [9.17, 15) is 22.4 Å². The Balaban J connectivity index is 0.000000199. The molecule has 0 spiro atoms. The van der Waals surface area contributed by atoms with Crippen LogP contribution in [0.3, 0.4) is 0 Å². The number of carboxylic acids is 1. The Kier molecular flexibility index (Phi) is 6.17. The first-order valence-electron chi connectivity index (χ1n) is 7.51. The van der Waals surface area contributed by atoms with Crippen LogP contribution < -0.4 is 0 Å². The second kappa shape index (κ2) is 8.35. The highest BCUT2D eigenvalue weighted by molar-refractivity contribution is 5.88. The summed E-state index contributed by atoms with van der Waals surface area (Å²) < 4.78 is 51.5. The molecule has 0 fully saturated rings. The van der Waals surface area contributed by atoms with Crippen LogP contribution in [-0.4, -0.2) is 20.9 Å². The molecular formula is C18H14F4N3O2-. The van der Waals surface area contributed by atoms with E-state index in [4.69, 9.17) is 10.8 Å². The number of hydrogen-bond donors (Lipinski definition) is 1. The molecule has 0 aliphatic rings. The smallest absolute Gasteiger partial charge is 0.339 e. The van der Waals surface area contributed by atoms with Crippen LogP contribution >= 0.6 is 0 Å². The van der Waals surface area contributed by atoms with E-state index in [0.29, 0.717) is 0 Å². The fourth-order valence-electron chi connectivity index (χ4n) is 2.25. The molecule has 0 saturated heterocycles. The highest BCUT2D eigenvalue weighted by Gasteiger charge is 2.21. The van der Waals surface area contributed by atoms with E-state index in [1.165, 1.54) is 37.4 Å². The highest BCUT2D eigenvalue weighted by Crippen LogP contribution is 2.31. The molecule has 1 aromatic heterocycles. The first-order valence-corrected chi connectivity index (χ1v) is 7.51. The molecule has 27 heavy (non-hydrogen) atoms. The van der Waals surface area contributed by atoms with Crippen LogP contribution in [0.1, 0.15) is 22.5 Å². The summed E-state index contributed by atoms with van der Waals surface area (Å²) in [4.78, 5) is 10.4. The lowest BCUT2D eigenvalue weighted by Gasteiger charge is -2.12. The molecule has 0 aliphatic heterocycles. The minimum Gasteiger partial charge on any atom is -0.698 e. The van der Waals surface area contributed by atoms with Gasteiger partial charge in [-0.15, -0.1) is 5.69 Å². The zero-order valence-electron chi connectivity index (χ0n) is 14.0. The van der Waals surface area contributed by atoms with Crippen LogP contribution in [-0.2, 0) is 7.05 Å². The molecule has 0 unspecified atom stereocenters. The summed E-state index contributed by atoms with van der Waals surface area (Å²) in [6.07, 6.45) is -1.80. The van der Waals surface area contributed by atoms with Crippen molar-refractivity contribution in [3.05, 3.63) is 77.3 Å². The van der Waals surface area contributed by atoms with Crippen molar-refractivity contribution >= 4 is 11.7 Å². The molecule has 5 nitrogen and oxygen atoms in total. The van der Waals surface area contributed by atoms with Gasteiger partial charge in [0.1, 0.15) is 22.9 Å². The Hall–Kier alpha value is -3.36. The van der Waals surface area contributed by atoms with E-state index >= 15 is 0 Å². The van der Waals surface area contributed by atoms with Gasteiger partial charge in [-0.2, -0.15) is 5.10 Å². The van der Waals surface area contributed by atoms with Crippen molar-refractivity contribution in [2.24, 2.45) is 7.05 Å². The van der Waals surface area contributed by atoms with Gasteiger partial charge in [0, 0.05) is 18.8 Å². The number of nitrogens with one attached hydrogen (secondary N) is 1. The predicted molar refractivity (Wildman–Crippen MR) is 90.9 cm³/mol. The van der Waals surface area contributed by atoms with Crippen molar-refractivity contribution in [3.8, 4) is 11.1 Å². The number of alkyl halides is 2. The predicted octanol–water partition coefficient (Wildman–Crippen LogP) is 5.37. The van der Waals surface area contributed by atoms with E-state index in [1.807, 2.05) is 0 Å². The fourth-order valence-corrected chi connectivity index (χ4v) is 2.25. The SMILES string of the molecule is Cn1cc(C(=O)O)c(C(F)F)n1.[NH-]c1ccc(F)cc1-c1ccccc1F. The first-order chi connectivity index (χ1) is 12.7. The molecule has 2 aromatic carbocycles. The molecule has 2 N–H and O–H groups in total. The highest BCUT2D eigenvalue weighted by atomic mass is 19.3. The molecule has 0 amide bonds. The largest absolute Gasteiger partial charge is 0.698 e. The maximum absolute atomic E-state index is 13.4. The lowest BCUT2D eigenvalue weighted by molar-refractivity contribution is 0.0684. The topological polar surface area (TPSA) is 78.9 Å². The second-order valence-electron chi connectivity index (χ2n) is 5.38. The van der Waals surface area contributed by atoms with Crippen LogP contribution in [0.2, 0.25) is 0 Å². The zero-order valence-corrected chi connectivity index (χ0v) is 14.0. The Morgan fingerprint density at radius 1 is 1.15 bits per heavy atom. The van der Waals surface area contributed by atoms with Crippen LogP contribution in [0.25, 0.3) is 16.9 Å². The van der Waals surface area contributed by atoms with Crippen molar-refractivity contribution in [3.63, 3.8) is 0 Å². The van der Waals surface area contributed by atoms with Crippen molar-refractivity contribution in [2.45, 2.75) is 6.43 Å². The van der Waals surface area contributed by atoms with Gasteiger partial charge >= 0.3 is 5.97 Å². The van der Waals surface area contributed by atoms with Gasteiger partial charge in [0.05, 0.1) is 0 Å². The summed E-state index contributed by atoms with van der Waals surface area (Å²) in [7, 11) is 1.39. The quantitative estimate of drug-likeness (QED) is 0.620. The van der Waals surface area contributed by atoms with Gasteiger partial charge in [0.15, 0.2) is 0 Å². The van der Waals surface area contributed by atoms with Crippen molar-refractivity contribution in [1.29, 1.82) is 0 Å². The molecule has 0 atom stereocenters. The summed E-state index contributed by atoms with van der Waals surface area (Å²) >= 11 is 0. The average molecular weight is 380 g/mol. The number of carbonyl (C=O) groups is 1. The van der Waals surface area contributed by atoms with Gasteiger partial charge in [0.25, 0.3) is 6.43 Å². The Bertz CT molecular complexity index is 958. The lowest BCUT2D eigenvalue weighted by atomic mass is 10.0. The molecule has 9 heteroatoms. The zero-order chi connectivity index (χ0) is 20.1. The standard InChI is InChI=1S/C12H8F2N.C6H6F2N2O2/c13-8-5-6-12(15)10(7-8)9-3-1-2-4-11(9)14;1-10-2-3(6(11)12)4(9-10)5(7)8/h1-7,15H;2,5H,1H3,(H,11,12)/q-1;. The number of benzene rings is 2. The average Bonchev–Trinajstić information content (AvgIpc) is 3.01. The summed E-state index contributed by atoms with van der Waals surface area (Å²) in [6.45, 7) is 0. The number of aryl methyl sites for hydroxylation is 1. The third kappa shape index (κ3) is 4.84. The first kappa shape index (κ1) is 20.0. The molecule has 0 aliphatic carbocycles. The number of hydrogen-bond acceptors (Lipinski definition) is 2. The normalized spacial score (nSPS) is 10.4. The molecule has 0 saturated carbocycles. The number of nitrogens with zero attached hydrogens (tertiary/aromatic N) is 2. The Morgan fingerprint density at radius 2 is 1.81 bits per heavy atom. The van der Waals surface area contributed by atoms with Crippen LogP contribution in [0.4, 0.5) is 23.2 Å². The van der Waals surface area contributed by atoms with E-state index in [1.54, 1.807) is 12.1 Å². The summed E-state index contributed by atoms with van der Waals surface area (Å²) in [6, 6.07) is 9.71. The third-order valence-electron chi connectivity index (χ3n) is 3.44. The maximum Gasteiger partial charge on any atom is 0.339 e. The number of rotatable bonds is 3. The number of aromatic nitrogens is 2. The van der Waals surface area contributed by atoms with Gasteiger partial charge in [-0.25, -0.2) is 22.4 Å². The molecule has 3 aromatic rings. The molecule has 3 rings (SSSR count). The third-order valence-corrected chi connectivity index (χ3v) is 3.44. The molecule has 142 valence electrons.